The van der Waals surface area contributed by atoms with Gasteiger partial charge in [-0.15, -0.1) is 0 Å². The Morgan fingerprint density at radius 1 is 1.23 bits per heavy atom. The zero-order valence-corrected chi connectivity index (χ0v) is 34.3. The van der Waals surface area contributed by atoms with Gasteiger partial charge in [-0.1, -0.05) is 54.5 Å². The number of nitrogens with zero attached hydrogens (tertiary/aromatic N) is 4. The van der Waals surface area contributed by atoms with Crippen LogP contribution >= 0.6 is 0 Å². The second-order valence-electron chi connectivity index (χ2n) is 13.8. The van der Waals surface area contributed by atoms with Crippen LogP contribution in [0.2, 0.25) is 0 Å². The average molecular weight is 724 g/mol. The van der Waals surface area contributed by atoms with Crippen molar-refractivity contribution in [1.82, 2.24) is 20.6 Å². The highest BCUT2D eigenvalue weighted by Gasteiger charge is 2.60. The second kappa shape index (κ2) is 23.7. The van der Waals surface area contributed by atoms with E-state index in [1.54, 1.807) is 13.3 Å². The number of amides is 1. The smallest absolute Gasteiger partial charge is 0.237 e. The molecule has 3 aliphatic rings. The van der Waals surface area contributed by atoms with E-state index < -0.39 is 5.41 Å². The number of hydrogen-bond donors (Lipinski definition) is 4. The number of aliphatic hydroxyl groups excluding tert-OH is 1. The molecule has 1 saturated carbocycles. The predicted molar refractivity (Wildman–Crippen MR) is 215 cm³/mol. The number of aryl methyl sites for hydroxylation is 2. The van der Waals surface area contributed by atoms with Gasteiger partial charge >= 0.3 is 0 Å². The Bertz CT molecular complexity index is 1410. The van der Waals surface area contributed by atoms with Crippen LogP contribution in [0.1, 0.15) is 84.4 Å². The number of nitrogens with two attached hydrogens (primary N) is 1. The van der Waals surface area contributed by atoms with Gasteiger partial charge in [0.1, 0.15) is 18.7 Å². The molecule has 1 heterocycles. The Hall–Kier alpha value is -3.82. The largest absolute Gasteiger partial charge is 0.400 e. The van der Waals surface area contributed by atoms with Crippen LogP contribution in [0.3, 0.4) is 0 Å². The highest BCUT2D eigenvalue weighted by Crippen LogP contribution is 2.53. The number of allylic oxidation sites excluding steroid dienone is 3. The lowest BCUT2D eigenvalue weighted by Crippen LogP contribution is -2.53. The lowest BCUT2D eigenvalue weighted by Gasteiger charge is -2.44. The number of hydrogen-bond acceptors (Lipinski definition) is 9. The number of nitrogens with one attached hydrogen (secondary N) is 2. The third kappa shape index (κ3) is 11.3. The highest BCUT2D eigenvalue weighted by atomic mass is 16.7. The topological polar surface area (TPSA) is 156 Å². The summed E-state index contributed by atoms with van der Waals surface area (Å²) in [5.74, 6) is 1.87. The van der Waals surface area contributed by atoms with Gasteiger partial charge in [0.15, 0.2) is 0 Å². The van der Waals surface area contributed by atoms with Gasteiger partial charge in [0.2, 0.25) is 5.91 Å². The van der Waals surface area contributed by atoms with Gasteiger partial charge in [-0.2, -0.15) is 5.26 Å². The molecule has 1 aliphatic heterocycles. The van der Waals surface area contributed by atoms with Crippen LogP contribution in [0.15, 0.2) is 58.8 Å². The molecule has 0 bridgehead atoms. The van der Waals surface area contributed by atoms with Gasteiger partial charge in [-0.3, -0.25) is 14.6 Å². The number of amidine groups is 1. The number of aliphatic imine (C=N–C) groups is 1. The van der Waals surface area contributed by atoms with E-state index in [0.29, 0.717) is 18.3 Å². The van der Waals surface area contributed by atoms with Crippen molar-refractivity contribution in [2.45, 2.75) is 111 Å². The van der Waals surface area contributed by atoms with Crippen molar-refractivity contribution >= 4 is 18.5 Å². The molecule has 2 fully saturated rings. The summed E-state index contributed by atoms with van der Waals surface area (Å²) < 4.78 is 0. The van der Waals surface area contributed by atoms with Crippen LogP contribution in [0.5, 0.6) is 0 Å². The summed E-state index contributed by atoms with van der Waals surface area (Å²) in [5, 5.41) is 24.9. The van der Waals surface area contributed by atoms with E-state index in [2.05, 4.69) is 109 Å². The van der Waals surface area contributed by atoms with Crippen molar-refractivity contribution in [2.24, 2.45) is 22.6 Å². The summed E-state index contributed by atoms with van der Waals surface area (Å²) in [6, 6.07) is 9.14. The van der Waals surface area contributed by atoms with Crippen LogP contribution < -0.4 is 16.4 Å². The van der Waals surface area contributed by atoms with Crippen molar-refractivity contribution in [3.63, 3.8) is 0 Å². The number of piperidine rings is 1. The lowest BCUT2D eigenvalue weighted by molar-refractivity contribution is -0.131. The number of hydroxylamine groups is 2. The number of carbonyl (C=O) groups is 2. The van der Waals surface area contributed by atoms with Gasteiger partial charge in [0, 0.05) is 33.3 Å². The Morgan fingerprint density at radius 3 is 2.31 bits per heavy atom. The van der Waals surface area contributed by atoms with Gasteiger partial charge in [0.05, 0.1) is 31.2 Å². The minimum Gasteiger partial charge on any atom is -0.400 e. The Morgan fingerprint density at radius 2 is 1.83 bits per heavy atom. The molecule has 1 aromatic carbocycles. The first-order valence-corrected chi connectivity index (χ1v) is 18.1. The van der Waals surface area contributed by atoms with Gasteiger partial charge in [-0.05, 0) is 116 Å². The van der Waals surface area contributed by atoms with E-state index in [1.807, 2.05) is 30.8 Å². The molecule has 4 rings (SSSR count). The molecule has 6 atom stereocenters. The van der Waals surface area contributed by atoms with E-state index in [0.717, 1.165) is 32.2 Å². The number of fused-ring (bicyclic) bond motifs is 2. The third-order valence-electron chi connectivity index (χ3n) is 9.96. The number of benzene rings is 1. The molecule has 11 heteroatoms. The van der Waals surface area contributed by atoms with Crippen molar-refractivity contribution in [1.29, 1.82) is 5.26 Å². The minimum atomic E-state index is -0.579. The maximum atomic E-state index is 13.5. The van der Waals surface area contributed by atoms with Crippen LogP contribution in [0, 0.1) is 30.1 Å². The molecule has 5 unspecified atom stereocenters. The molecular weight excluding hydrogens is 654 g/mol. The maximum Gasteiger partial charge on any atom is 0.237 e. The Labute approximate surface area is 315 Å². The fourth-order valence-electron chi connectivity index (χ4n) is 7.72. The van der Waals surface area contributed by atoms with Crippen molar-refractivity contribution < 1.29 is 19.5 Å². The molecule has 5 N–H and O–H groups in total. The molecule has 52 heavy (non-hydrogen) atoms. The van der Waals surface area contributed by atoms with E-state index in [9.17, 15) is 10.1 Å². The van der Waals surface area contributed by atoms with Gasteiger partial charge < -0.3 is 31.2 Å². The van der Waals surface area contributed by atoms with Crippen molar-refractivity contribution in [3.05, 3.63) is 70.5 Å². The summed E-state index contributed by atoms with van der Waals surface area (Å²) in [5.41, 5.74) is 11.6. The predicted octanol–water partition coefficient (Wildman–Crippen LogP) is 5.24. The zero-order chi connectivity index (χ0) is 40.3. The maximum absolute atomic E-state index is 13.5. The Balaban J connectivity index is 0.00000236. The molecule has 1 aromatic rings. The molecule has 11 nitrogen and oxygen atoms in total. The van der Waals surface area contributed by atoms with Crippen LogP contribution in [-0.2, 0) is 26.3 Å². The number of carbonyl (C=O) groups excluding carboxylic acids is 2. The first-order chi connectivity index (χ1) is 24.8. The standard InChI is InChI=1S/C35H51N5O2.C3H7N.CH5N.CH4O.CH2O/c1-21(2)15-27-12-13-28-16-23(5)11-14-31(28)35(26(27)8,34(37-9)40(42-10)22(3)4)18-24(6)38-20-32(41)39-29(19-36)17-30-25(7)33(30)39;1-3-4-2;3*1-2/h11,14-16,22,24-25,29-30,33,38H,12-13,17-18,20H2,1-10H3;3-4H,1H2,2H3;2H2,1H3;2H,1H3;1H2/t24-,25?,29?,30?,33?,35?;;;;/m1..../s1. The van der Waals surface area contributed by atoms with E-state index in [4.69, 9.17) is 19.7 Å². The summed E-state index contributed by atoms with van der Waals surface area (Å²) in [6.45, 7) is 22.9. The number of likely N-dealkylation sites (tertiary alicyclic amines) is 1. The summed E-state index contributed by atoms with van der Waals surface area (Å²) in [7, 11) is 7.89. The second-order valence-corrected chi connectivity index (χ2v) is 13.8. The molecule has 0 aromatic heterocycles. The van der Waals surface area contributed by atoms with E-state index >= 15 is 0 Å². The van der Waals surface area contributed by atoms with Crippen molar-refractivity contribution in [2.75, 3.05) is 41.9 Å². The molecule has 0 spiro atoms. The molecule has 292 valence electrons. The summed E-state index contributed by atoms with van der Waals surface area (Å²) in [4.78, 5) is 34.4. The van der Waals surface area contributed by atoms with Crippen LogP contribution in [0.4, 0.5) is 0 Å². The first-order valence-electron chi connectivity index (χ1n) is 18.1. The summed E-state index contributed by atoms with van der Waals surface area (Å²) in [6.07, 6.45) is 7.36. The molecule has 2 aliphatic carbocycles. The van der Waals surface area contributed by atoms with Crippen molar-refractivity contribution in [3.8, 4) is 6.07 Å². The number of rotatable bonds is 10. The van der Waals surface area contributed by atoms with Gasteiger partial charge in [-0.25, -0.2) is 5.06 Å². The van der Waals surface area contributed by atoms with E-state index in [1.165, 1.54) is 40.5 Å². The number of nitriles is 1. The fraction of sp³-hybridized carbons (Fsp3) is 0.610. The summed E-state index contributed by atoms with van der Waals surface area (Å²) >= 11 is 0. The minimum absolute atomic E-state index is 0.0257. The SMILES string of the molecule is C=CNC.C=O.CN.CN=C(N(OC)C(C)C)C1(C[C@@H](C)NCC(=O)N2C(C#N)CC3C(C)C32)C(C)=C(C=C(C)C)CCc2cc(C)ccc21.CO. The van der Waals surface area contributed by atoms with Crippen LogP contribution in [-0.4, -0.2) is 99.7 Å². The third-order valence-corrected chi connectivity index (χ3v) is 9.96. The molecule has 1 amide bonds. The fourth-order valence-corrected chi connectivity index (χ4v) is 7.72. The van der Waals surface area contributed by atoms with E-state index in [-0.39, 0.29) is 36.6 Å². The lowest BCUT2D eigenvalue weighted by atomic mass is 9.67. The number of aliphatic hydroxyl groups is 1. The van der Waals surface area contributed by atoms with Gasteiger partial charge in [0.25, 0.3) is 0 Å². The zero-order valence-electron chi connectivity index (χ0n) is 34.3. The average Bonchev–Trinajstić information content (AvgIpc) is 3.61. The molecule has 1 saturated heterocycles. The molecular formula is C41H69N7O4. The first kappa shape index (κ1) is 48.2. The quantitative estimate of drug-likeness (QED) is 0.144. The monoisotopic (exact) mass is 724 g/mol. The highest BCUT2D eigenvalue weighted by molar-refractivity contribution is 5.97. The van der Waals surface area contributed by atoms with Crippen LogP contribution in [0.25, 0.3) is 0 Å². The molecule has 0 radical (unpaired) electrons. The normalized spacial score (nSPS) is 23.1. The Kier molecular flexibility index (Phi) is 21.9.